The highest BCUT2D eigenvalue weighted by Crippen LogP contribution is 2.34. The molecule has 0 aromatic carbocycles. The summed E-state index contributed by atoms with van der Waals surface area (Å²) in [7, 11) is 3.63. The Balaban J connectivity index is 1.66. The van der Waals surface area contributed by atoms with Gasteiger partial charge in [-0.2, -0.15) is 4.98 Å². The number of methoxy groups -OCH3 is 1. The number of aromatic amines is 1. The first-order valence-corrected chi connectivity index (χ1v) is 7.47. The van der Waals surface area contributed by atoms with Crippen LogP contribution >= 0.6 is 0 Å². The SMILES string of the molecule is COCCN(C)c1n[nH]c([C@@H]2OCC[C@@H]2Cn2ccnc2)n1. The van der Waals surface area contributed by atoms with Gasteiger partial charge in [-0.25, -0.2) is 4.98 Å². The first kappa shape index (κ1) is 15.0. The number of imidazole rings is 1. The van der Waals surface area contributed by atoms with Crippen LogP contribution in [0.25, 0.3) is 0 Å². The minimum absolute atomic E-state index is 0.0422. The quantitative estimate of drug-likeness (QED) is 0.817. The van der Waals surface area contributed by atoms with E-state index in [9.17, 15) is 0 Å². The van der Waals surface area contributed by atoms with Crippen molar-refractivity contribution in [2.75, 3.05) is 38.8 Å². The zero-order chi connectivity index (χ0) is 15.4. The molecule has 1 saturated heterocycles. The molecule has 1 fully saturated rings. The van der Waals surface area contributed by atoms with Crippen LogP contribution in [-0.2, 0) is 16.0 Å². The van der Waals surface area contributed by atoms with Crippen molar-refractivity contribution in [1.82, 2.24) is 24.7 Å². The van der Waals surface area contributed by atoms with Crippen molar-refractivity contribution in [3.8, 4) is 0 Å². The first-order valence-electron chi connectivity index (χ1n) is 7.47. The number of nitrogens with one attached hydrogen (secondary N) is 1. The van der Waals surface area contributed by atoms with E-state index in [0.717, 1.165) is 31.9 Å². The van der Waals surface area contributed by atoms with E-state index in [0.29, 0.717) is 18.5 Å². The van der Waals surface area contributed by atoms with Crippen LogP contribution in [0.2, 0.25) is 0 Å². The number of rotatable bonds is 7. The summed E-state index contributed by atoms with van der Waals surface area (Å²) in [5.41, 5.74) is 0. The maximum atomic E-state index is 5.86. The van der Waals surface area contributed by atoms with Crippen molar-refractivity contribution in [3.05, 3.63) is 24.5 Å². The zero-order valence-corrected chi connectivity index (χ0v) is 13.0. The van der Waals surface area contributed by atoms with Gasteiger partial charge in [0.05, 0.1) is 12.9 Å². The topological polar surface area (TPSA) is 81.1 Å². The minimum Gasteiger partial charge on any atom is -0.383 e. The number of hydrogen-bond acceptors (Lipinski definition) is 6. The molecular weight excluding hydrogens is 284 g/mol. The number of hydrogen-bond donors (Lipinski definition) is 1. The predicted molar refractivity (Wildman–Crippen MR) is 80.6 cm³/mol. The summed E-state index contributed by atoms with van der Waals surface area (Å²) in [4.78, 5) is 10.6. The number of nitrogens with zero attached hydrogens (tertiary/aromatic N) is 5. The zero-order valence-electron chi connectivity index (χ0n) is 13.0. The number of aromatic nitrogens is 5. The molecule has 2 aromatic heterocycles. The third-order valence-electron chi connectivity index (χ3n) is 3.95. The van der Waals surface area contributed by atoms with Crippen molar-refractivity contribution >= 4 is 5.95 Å². The van der Waals surface area contributed by atoms with Crippen LogP contribution in [0.5, 0.6) is 0 Å². The molecule has 0 amide bonds. The van der Waals surface area contributed by atoms with Gasteiger partial charge in [0.15, 0.2) is 5.82 Å². The Morgan fingerprint density at radius 1 is 1.55 bits per heavy atom. The maximum Gasteiger partial charge on any atom is 0.244 e. The standard InChI is InChI=1S/C14H22N6O2/c1-19(6-8-21-2)14-16-13(17-18-14)12-11(3-7-22-12)9-20-5-4-15-10-20/h4-5,10-12H,3,6-9H2,1-2H3,(H,16,17,18)/t11-,12-/m1/s1. The molecule has 3 rings (SSSR count). The summed E-state index contributed by atoms with van der Waals surface area (Å²) in [6.07, 6.45) is 6.57. The Morgan fingerprint density at radius 2 is 2.45 bits per heavy atom. The van der Waals surface area contributed by atoms with Gasteiger partial charge >= 0.3 is 0 Å². The molecule has 22 heavy (non-hydrogen) atoms. The van der Waals surface area contributed by atoms with Crippen LogP contribution in [0.1, 0.15) is 18.3 Å². The molecule has 8 heteroatoms. The molecule has 2 aromatic rings. The number of likely N-dealkylation sites (N-methyl/N-ethyl adjacent to an activating group) is 1. The average molecular weight is 306 g/mol. The highest BCUT2D eigenvalue weighted by atomic mass is 16.5. The first-order chi connectivity index (χ1) is 10.8. The van der Waals surface area contributed by atoms with Gasteiger partial charge in [0.25, 0.3) is 0 Å². The lowest BCUT2D eigenvalue weighted by atomic mass is 10.0. The summed E-state index contributed by atoms with van der Waals surface area (Å²) >= 11 is 0. The minimum atomic E-state index is -0.0422. The summed E-state index contributed by atoms with van der Waals surface area (Å²) in [6, 6.07) is 0. The average Bonchev–Trinajstić information content (AvgIpc) is 3.25. The molecule has 0 unspecified atom stereocenters. The largest absolute Gasteiger partial charge is 0.383 e. The Morgan fingerprint density at radius 3 is 3.23 bits per heavy atom. The normalized spacial score (nSPS) is 21.4. The second-order valence-corrected chi connectivity index (χ2v) is 5.53. The van der Waals surface area contributed by atoms with Crippen molar-refractivity contribution < 1.29 is 9.47 Å². The van der Waals surface area contributed by atoms with E-state index in [1.807, 2.05) is 24.5 Å². The van der Waals surface area contributed by atoms with E-state index < -0.39 is 0 Å². The molecule has 0 spiro atoms. The van der Waals surface area contributed by atoms with E-state index in [4.69, 9.17) is 9.47 Å². The van der Waals surface area contributed by atoms with E-state index >= 15 is 0 Å². The smallest absolute Gasteiger partial charge is 0.244 e. The van der Waals surface area contributed by atoms with Gasteiger partial charge in [0.2, 0.25) is 5.95 Å². The van der Waals surface area contributed by atoms with Gasteiger partial charge in [-0.05, 0) is 6.42 Å². The van der Waals surface area contributed by atoms with E-state index in [1.54, 1.807) is 13.3 Å². The molecule has 0 radical (unpaired) electrons. The lowest BCUT2D eigenvalue weighted by Crippen LogP contribution is -2.23. The molecule has 1 N–H and O–H groups in total. The van der Waals surface area contributed by atoms with Gasteiger partial charge in [0, 0.05) is 52.2 Å². The molecule has 3 heterocycles. The highest BCUT2D eigenvalue weighted by molar-refractivity contribution is 5.27. The summed E-state index contributed by atoms with van der Waals surface area (Å²) in [5, 5.41) is 7.30. The molecule has 1 aliphatic rings. The number of anilines is 1. The lowest BCUT2D eigenvalue weighted by molar-refractivity contribution is 0.0797. The molecule has 0 saturated carbocycles. The maximum absolute atomic E-state index is 5.86. The molecular formula is C14H22N6O2. The Hall–Kier alpha value is -1.93. The molecule has 2 atom stereocenters. The van der Waals surface area contributed by atoms with Crippen molar-refractivity contribution in [2.45, 2.75) is 19.1 Å². The Labute approximate surface area is 129 Å². The van der Waals surface area contributed by atoms with Crippen LogP contribution in [-0.4, -0.2) is 58.6 Å². The summed E-state index contributed by atoms with van der Waals surface area (Å²) < 4.78 is 13.0. The van der Waals surface area contributed by atoms with Crippen molar-refractivity contribution in [2.24, 2.45) is 5.92 Å². The number of H-pyrrole nitrogens is 1. The van der Waals surface area contributed by atoms with Crippen LogP contribution in [0, 0.1) is 5.92 Å². The van der Waals surface area contributed by atoms with Crippen LogP contribution in [0.15, 0.2) is 18.7 Å². The highest BCUT2D eigenvalue weighted by Gasteiger charge is 2.32. The van der Waals surface area contributed by atoms with Crippen LogP contribution < -0.4 is 4.90 Å². The Bertz CT molecular complexity index is 570. The van der Waals surface area contributed by atoms with E-state index in [-0.39, 0.29) is 6.10 Å². The van der Waals surface area contributed by atoms with Gasteiger partial charge in [0.1, 0.15) is 6.10 Å². The Kier molecular flexibility index (Phi) is 4.69. The molecule has 120 valence electrons. The van der Waals surface area contributed by atoms with Gasteiger partial charge in [-0.3, -0.25) is 5.10 Å². The van der Waals surface area contributed by atoms with Crippen molar-refractivity contribution in [3.63, 3.8) is 0 Å². The fourth-order valence-electron chi connectivity index (χ4n) is 2.68. The molecule has 0 aliphatic carbocycles. The lowest BCUT2D eigenvalue weighted by Gasteiger charge is -2.16. The second-order valence-electron chi connectivity index (χ2n) is 5.53. The van der Waals surface area contributed by atoms with E-state index in [1.165, 1.54) is 0 Å². The summed E-state index contributed by atoms with van der Waals surface area (Å²) in [5.74, 6) is 1.84. The molecule has 1 aliphatic heterocycles. The van der Waals surface area contributed by atoms with Crippen LogP contribution in [0.4, 0.5) is 5.95 Å². The van der Waals surface area contributed by atoms with E-state index in [2.05, 4.69) is 24.7 Å². The van der Waals surface area contributed by atoms with Gasteiger partial charge < -0.3 is 18.9 Å². The second kappa shape index (κ2) is 6.89. The van der Waals surface area contributed by atoms with Gasteiger partial charge in [-0.1, -0.05) is 0 Å². The predicted octanol–water partition coefficient (Wildman–Crippen LogP) is 0.862. The monoisotopic (exact) mass is 306 g/mol. The molecule has 0 bridgehead atoms. The van der Waals surface area contributed by atoms with Crippen LogP contribution in [0.3, 0.4) is 0 Å². The van der Waals surface area contributed by atoms with Gasteiger partial charge in [-0.15, -0.1) is 5.10 Å². The molecule has 8 nitrogen and oxygen atoms in total. The third kappa shape index (κ3) is 3.28. The third-order valence-corrected chi connectivity index (χ3v) is 3.95. The fourth-order valence-corrected chi connectivity index (χ4v) is 2.68. The number of ether oxygens (including phenoxy) is 2. The fraction of sp³-hybridized carbons (Fsp3) is 0.643. The van der Waals surface area contributed by atoms with Crippen molar-refractivity contribution in [1.29, 1.82) is 0 Å². The summed E-state index contributed by atoms with van der Waals surface area (Å²) in [6.45, 7) is 3.02.